The molecule has 0 aliphatic rings. The van der Waals surface area contributed by atoms with Crippen molar-refractivity contribution in [3.05, 3.63) is 0 Å². The molecule has 1 atom stereocenters. The molecular formula is C8H19NO2. The fourth-order valence-electron chi connectivity index (χ4n) is 1.02. The monoisotopic (exact) mass is 161 g/mol. The van der Waals surface area contributed by atoms with Crippen molar-refractivity contribution >= 4 is 0 Å². The molecular weight excluding hydrogens is 142 g/mol. The predicted octanol–water partition coefficient (Wildman–Crippen LogP) is -0.0247. The van der Waals surface area contributed by atoms with Crippen LogP contribution in [0.2, 0.25) is 0 Å². The van der Waals surface area contributed by atoms with Crippen LogP contribution in [0.1, 0.15) is 20.3 Å². The molecule has 3 nitrogen and oxygen atoms in total. The lowest BCUT2D eigenvalue weighted by molar-refractivity contribution is 0.0559. The average Bonchev–Trinajstić information content (AvgIpc) is 2.04. The summed E-state index contributed by atoms with van der Waals surface area (Å²) in [5.74, 6) is 0. The molecule has 68 valence electrons. The summed E-state index contributed by atoms with van der Waals surface area (Å²) in [7, 11) is 1.87. The first-order chi connectivity index (χ1) is 5.08. The number of nitrogens with one attached hydrogen (secondary N) is 1. The van der Waals surface area contributed by atoms with Gasteiger partial charge in [-0.15, -0.1) is 0 Å². The Kier molecular flexibility index (Phi) is 4.65. The van der Waals surface area contributed by atoms with Crippen LogP contribution in [0, 0.1) is 5.41 Å². The molecule has 11 heavy (non-hydrogen) atoms. The molecule has 0 fully saturated rings. The number of aliphatic hydroxyl groups excluding tert-OH is 2. The van der Waals surface area contributed by atoms with Crippen molar-refractivity contribution in [3.63, 3.8) is 0 Å². The first kappa shape index (κ1) is 10.9. The Bertz CT molecular complexity index is 102. The van der Waals surface area contributed by atoms with E-state index >= 15 is 0 Å². The lowest BCUT2D eigenvalue weighted by Gasteiger charge is -2.27. The van der Waals surface area contributed by atoms with Gasteiger partial charge in [0.15, 0.2) is 0 Å². The van der Waals surface area contributed by atoms with Crippen molar-refractivity contribution in [2.75, 3.05) is 20.3 Å². The third-order valence-electron chi connectivity index (χ3n) is 2.06. The molecule has 0 aromatic rings. The maximum Gasteiger partial charge on any atom is 0.0507 e. The second-order valence-corrected chi connectivity index (χ2v) is 3.52. The zero-order valence-electron chi connectivity index (χ0n) is 7.59. The molecule has 1 unspecified atom stereocenters. The second-order valence-electron chi connectivity index (χ2n) is 3.52. The van der Waals surface area contributed by atoms with E-state index in [1.54, 1.807) is 0 Å². The highest BCUT2D eigenvalue weighted by Crippen LogP contribution is 2.21. The minimum absolute atomic E-state index is 0.0372. The Balaban J connectivity index is 3.86. The summed E-state index contributed by atoms with van der Waals surface area (Å²) in [6.07, 6.45) is 0.788. The molecule has 0 radical (unpaired) electrons. The van der Waals surface area contributed by atoms with Gasteiger partial charge in [-0.1, -0.05) is 6.92 Å². The molecule has 0 heterocycles. The van der Waals surface area contributed by atoms with Crippen LogP contribution in [0.5, 0.6) is 0 Å². The fraction of sp³-hybridized carbons (Fsp3) is 1.00. The first-order valence-corrected chi connectivity index (χ1v) is 3.97. The summed E-state index contributed by atoms with van der Waals surface area (Å²) >= 11 is 0. The van der Waals surface area contributed by atoms with Crippen LogP contribution in [-0.2, 0) is 0 Å². The molecule has 0 amide bonds. The van der Waals surface area contributed by atoms with Gasteiger partial charge in [-0.3, -0.25) is 0 Å². The summed E-state index contributed by atoms with van der Waals surface area (Å²) in [5.41, 5.74) is -0.345. The molecule has 0 aliphatic heterocycles. The Labute approximate surface area is 68.4 Å². The normalized spacial score (nSPS) is 15.0. The highest BCUT2D eigenvalue weighted by molar-refractivity contribution is 4.76. The SMILES string of the molecule is CNC(C)CC(C)(CO)CO. The summed E-state index contributed by atoms with van der Waals surface area (Å²) in [5, 5.41) is 21.0. The van der Waals surface area contributed by atoms with Gasteiger partial charge < -0.3 is 15.5 Å². The lowest BCUT2D eigenvalue weighted by Crippen LogP contribution is -2.34. The minimum atomic E-state index is -0.345. The number of hydrogen-bond acceptors (Lipinski definition) is 3. The summed E-state index contributed by atoms with van der Waals surface area (Å²) in [6, 6.07) is 0.333. The Hall–Kier alpha value is -0.120. The molecule has 0 spiro atoms. The molecule has 0 aromatic carbocycles. The van der Waals surface area contributed by atoms with Crippen molar-refractivity contribution in [1.82, 2.24) is 5.32 Å². The van der Waals surface area contributed by atoms with E-state index < -0.39 is 0 Å². The average molecular weight is 161 g/mol. The zero-order valence-corrected chi connectivity index (χ0v) is 7.59. The maximum atomic E-state index is 8.94. The number of aliphatic hydroxyl groups is 2. The number of hydrogen-bond donors (Lipinski definition) is 3. The predicted molar refractivity (Wildman–Crippen MR) is 45.4 cm³/mol. The zero-order chi connectivity index (χ0) is 8.91. The van der Waals surface area contributed by atoms with Gasteiger partial charge in [-0.25, -0.2) is 0 Å². The van der Waals surface area contributed by atoms with Crippen molar-refractivity contribution in [2.24, 2.45) is 5.41 Å². The topological polar surface area (TPSA) is 52.5 Å². The van der Waals surface area contributed by atoms with Crippen molar-refractivity contribution in [3.8, 4) is 0 Å². The van der Waals surface area contributed by atoms with E-state index in [9.17, 15) is 0 Å². The highest BCUT2D eigenvalue weighted by Gasteiger charge is 2.24. The first-order valence-electron chi connectivity index (χ1n) is 3.97. The van der Waals surface area contributed by atoms with Crippen LogP contribution < -0.4 is 5.32 Å². The molecule has 0 bridgehead atoms. The minimum Gasteiger partial charge on any atom is -0.396 e. The summed E-state index contributed by atoms with van der Waals surface area (Å²) in [4.78, 5) is 0. The lowest BCUT2D eigenvalue weighted by atomic mass is 9.86. The molecule has 0 saturated heterocycles. The van der Waals surface area contributed by atoms with Gasteiger partial charge in [-0.05, 0) is 20.4 Å². The molecule has 0 rings (SSSR count). The Morgan fingerprint density at radius 1 is 1.36 bits per heavy atom. The van der Waals surface area contributed by atoms with E-state index in [-0.39, 0.29) is 18.6 Å². The van der Waals surface area contributed by atoms with Gasteiger partial charge in [-0.2, -0.15) is 0 Å². The van der Waals surface area contributed by atoms with Crippen LogP contribution in [0.4, 0.5) is 0 Å². The molecule has 0 aromatic heterocycles. The fourth-order valence-corrected chi connectivity index (χ4v) is 1.02. The highest BCUT2D eigenvalue weighted by atomic mass is 16.3. The van der Waals surface area contributed by atoms with Crippen LogP contribution in [0.3, 0.4) is 0 Å². The van der Waals surface area contributed by atoms with Gasteiger partial charge in [0.2, 0.25) is 0 Å². The third kappa shape index (κ3) is 3.70. The van der Waals surface area contributed by atoms with Crippen LogP contribution in [0.25, 0.3) is 0 Å². The smallest absolute Gasteiger partial charge is 0.0507 e. The van der Waals surface area contributed by atoms with Gasteiger partial charge in [0, 0.05) is 11.5 Å². The third-order valence-corrected chi connectivity index (χ3v) is 2.06. The summed E-state index contributed by atoms with van der Waals surface area (Å²) in [6.45, 7) is 3.98. The van der Waals surface area contributed by atoms with E-state index in [0.29, 0.717) is 6.04 Å². The van der Waals surface area contributed by atoms with Gasteiger partial charge in [0.05, 0.1) is 13.2 Å². The Morgan fingerprint density at radius 3 is 2.09 bits per heavy atom. The van der Waals surface area contributed by atoms with E-state index in [0.717, 1.165) is 6.42 Å². The van der Waals surface area contributed by atoms with E-state index in [1.807, 2.05) is 20.9 Å². The molecule has 3 heteroatoms. The van der Waals surface area contributed by atoms with Crippen LogP contribution >= 0.6 is 0 Å². The largest absolute Gasteiger partial charge is 0.396 e. The van der Waals surface area contributed by atoms with Crippen molar-refractivity contribution in [2.45, 2.75) is 26.3 Å². The second kappa shape index (κ2) is 4.70. The van der Waals surface area contributed by atoms with Gasteiger partial charge in [0.25, 0.3) is 0 Å². The van der Waals surface area contributed by atoms with Crippen LogP contribution in [0.15, 0.2) is 0 Å². The molecule has 3 N–H and O–H groups in total. The van der Waals surface area contributed by atoms with Crippen molar-refractivity contribution in [1.29, 1.82) is 0 Å². The van der Waals surface area contributed by atoms with Gasteiger partial charge in [0.1, 0.15) is 0 Å². The molecule has 0 saturated carbocycles. The number of rotatable bonds is 5. The Morgan fingerprint density at radius 2 is 1.82 bits per heavy atom. The quantitative estimate of drug-likeness (QED) is 0.531. The van der Waals surface area contributed by atoms with E-state index in [1.165, 1.54) is 0 Å². The maximum absolute atomic E-state index is 8.94. The van der Waals surface area contributed by atoms with E-state index in [2.05, 4.69) is 5.32 Å². The van der Waals surface area contributed by atoms with Gasteiger partial charge >= 0.3 is 0 Å². The summed E-state index contributed by atoms with van der Waals surface area (Å²) < 4.78 is 0. The van der Waals surface area contributed by atoms with Crippen LogP contribution in [-0.4, -0.2) is 36.5 Å². The standard InChI is InChI=1S/C8H19NO2/c1-7(9-3)4-8(2,5-10)6-11/h7,9-11H,4-6H2,1-3H3. The van der Waals surface area contributed by atoms with E-state index in [4.69, 9.17) is 10.2 Å². The molecule has 0 aliphatic carbocycles. The van der Waals surface area contributed by atoms with Crippen molar-refractivity contribution < 1.29 is 10.2 Å².